The Balaban J connectivity index is 4.82. The fourth-order valence-corrected chi connectivity index (χ4v) is 0.729. The first-order valence-corrected chi connectivity index (χ1v) is 3.68. The van der Waals surface area contributed by atoms with Gasteiger partial charge in [-0.05, 0) is 13.8 Å². The zero-order valence-electron chi connectivity index (χ0n) is 7.86. The molecule has 0 aromatic carbocycles. The smallest absolute Gasteiger partial charge is 0.158 e. The maximum absolute atomic E-state index is 10.8. The summed E-state index contributed by atoms with van der Waals surface area (Å²) >= 11 is 0. The van der Waals surface area contributed by atoms with Gasteiger partial charge < -0.3 is 5.11 Å². The van der Waals surface area contributed by atoms with Gasteiger partial charge in [0.05, 0.1) is 0 Å². The van der Waals surface area contributed by atoms with Crippen molar-refractivity contribution in [2.24, 2.45) is 5.41 Å². The molecule has 0 saturated heterocycles. The average Bonchev–Trinajstić information content (AvgIpc) is 1.82. The molecule has 0 aliphatic carbocycles. The van der Waals surface area contributed by atoms with Crippen molar-refractivity contribution in [2.45, 2.75) is 34.6 Å². The Bertz CT molecular complexity index is 194. The molecule has 0 spiro atoms. The van der Waals surface area contributed by atoms with E-state index in [9.17, 15) is 9.90 Å². The van der Waals surface area contributed by atoms with Crippen LogP contribution in [0.1, 0.15) is 34.6 Å². The molecule has 0 heterocycles. The molecular weight excluding hydrogens is 140 g/mol. The second-order valence-corrected chi connectivity index (χ2v) is 3.78. The molecule has 0 radical (unpaired) electrons. The number of aliphatic hydroxyl groups excluding tert-OH is 1. The van der Waals surface area contributed by atoms with E-state index in [1.165, 1.54) is 6.92 Å². The van der Waals surface area contributed by atoms with Crippen LogP contribution in [0, 0.1) is 5.41 Å². The number of aliphatic hydroxyl groups is 1. The molecule has 64 valence electrons. The van der Waals surface area contributed by atoms with Crippen LogP contribution in [0.25, 0.3) is 0 Å². The molecule has 1 N–H and O–H groups in total. The first-order valence-electron chi connectivity index (χ1n) is 3.68. The summed E-state index contributed by atoms with van der Waals surface area (Å²) in [6.45, 7) is 8.71. The minimum Gasteiger partial charge on any atom is -0.511 e. The van der Waals surface area contributed by atoms with Crippen molar-refractivity contribution in [3.05, 3.63) is 11.3 Å². The van der Waals surface area contributed by atoms with E-state index in [0.717, 1.165) is 0 Å². The van der Waals surface area contributed by atoms with Gasteiger partial charge in [-0.25, -0.2) is 0 Å². The van der Waals surface area contributed by atoms with Crippen LogP contribution in [0.15, 0.2) is 11.3 Å². The molecule has 0 atom stereocenters. The van der Waals surface area contributed by atoms with Gasteiger partial charge in [0.15, 0.2) is 5.78 Å². The summed E-state index contributed by atoms with van der Waals surface area (Å²) in [6, 6.07) is 0. The monoisotopic (exact) mass is 156 g/mol. The van der Waals surface area contributed by atoms with E-state index in [2.05, 4.69) is 0 Å². The minimum atomic E-state index is -0.324. The Morgan fingerprint density at radius 2 is 1.55 bits per heavy atom. The predicted octanol–water partition coefficient (Wildman–Crippen LogP) is 2.45. The van der Waals surface area contributed by atoms with Crippen LogP contribution in [0.3, 0.4) is 0 Å². The van der Waals surface area contributed by atoms with Crippen molar-refractivity contribution in [3.8, 4) is 0 Å². The Hall–Kier alpha value is -0.790. The van der Waals surface area contributed by atoms with E-state index in [-0.39, 0.29) is 17.0 Å². The van der Waals surface area contributed by atoms with E-state index in [4.69, 9.17) is 0 Å². The summed E-state index contributed by atoms with van der Waals surface area (Å²) in [5.41, 5.74) is 0.132. The third-order valence-corrected chi connectivity index (χ3v) is 1.59. The quantitative estimate of drug-likeness (QED) is 0.467. The fourth-order valence-electron chi connectivity index (χ4n) is 0.729. The van der Waals surface area contributed by atoms with E-state index in [1.54, 1.807) is 6.92 Å². The normalized spacial score (nSPS) is 14.3. The van der Waals surface area contributed by atoms with Gasteiger partial charge >= 0.3 is 0 Å². The van der Waals surface area contributed by atoms with Gasteiger partial charge in [0, 0.05) is 11.0 Å². The van der Waals surface area contributed by atoms with Crippen molar-refractivity contribution >= 4 is 5.78 Å². The van der Waals surface area contributed by atoms with Gasteiger partial charge in [0.2, 0.25) is 0 Å². The number of carbonyl (C=O) groups excluding carboxylic acids is 1. The highest BCUT2D eigenvalue weighted by molar-refractivity contribution is 5.93. The fraction of sp³-hybridized carbons (Fsp3) is 0.667. The van der Waals surface area contributed by atoms with Gasteiger partial charge in [-0.15, -0.1) is 0 Å². The van der Waals surface area contributed by atoms with Crippen molar-refractivity contribution in [3.63, 3.8) is 0 Å². The molecule has 0 rings (SSSR count). The topological polar surface area (TPSA) is 37.3 Å². The summed E-state index contributed by atoms with van der Waals surface area (Å²) in [5.74, 6) is 0.113. The maximum Gasteiger partial charge on any atom is 0.158 e. The molecule has 0 aliphatic heterocycles. The minimum absolute atomic E-state index is 0.0718. The van der Waals surface area contributed by atoms with E-state index < -0.39 is 0 Å². The number of hydrogen-bond donors (Lipinski definition) is 1. The van der Waals surface area contributed by atoms with Crippen LogP contribution in [0.4, 0.5) is 0 Å². The second-order valence-electron chi connectivity index (χ2n) is 3.78. The van der Waals surface area contributed by atoms with Crippen LogP contribution in [0.2, 0.25) is 0 Å². The molecular formula is C9H16O2. The highest BCUT2D eigenvalue weighted by atomic mass is 16.3. The summed E-state index contributed by atoms with van der Waals surface area (Å²) < 4.78 is 0. The molecule has 0 aromatic rings. The van der Waals surface area contributed by atoms with Crippen LogP contribution in [-0.2, 0) is 4.79 Å². The second kappa shape index (κ2) is 3.07. The SMILES string of the molecule is CC(=O)/C(C)=C(\O)C(C)(C)C. The van der Waals surface area contributed by atoms with E-state index in [0.29, 0.717) is 5.57 Å². The molecule has 2 heteroatoms. The number of allylic oxidation sites excluding steroid dienone is 2. The molecule has 11 heavy (non-hydrogen) atoms. The first kappa shape index (κ1) is 10.2. The van der Waals surface area contributed by atoms with Gasteiger partial charge in [0.25, 0.3) is 0 Å². The van der Waals surface area contributed by atoms with Crippen LogP contribution in [-0.4, -0.2) is 10.9 Å². The molecule has 0 aromatic heterocycles. The third kappa shape index (κ3) is 2.74. The van der Waals surface area contributed by atoms with E-state index in [1.807, 2.05) is 20.8 Å². The standard InChI is InChI=1S/C9H16O2/c1-6(7(2)10)8(11)9(3,4)5/h11H,1-5H3/b8-6-. The van der Waals surface area contributed by atoms with E-state index >= 15 is 0 Å². The third-order valence-electron chi connectivity index (χ3n) is 1.59. The van der Waals surface area contributed by atoms with Crippen molar-refractivity contribution < 1.29 is 9.90 Å². The number of hydrogen-bond acceptors (Lipinski definition) is 2. The van der Waals surface area contributed by atoms with Crippen LogP contribution < -0.4 is 0 Å². The molecule has 0 bridgehead atoms. The first-order chi connectivity index (χ1) is 4.76. The largest absolute Gasteiger partial charge is 0.511 e. The Kier molecular flexibility index (Phi) is 2.85. The number of ketones is 1. The molecule has 2 nitrogen and oxygen atoms in total. The Labute approximate surface area is 67.9 Å². The zero-order chi connectivity index (χ0) is 9.23. The van der Waals surface area contributed by atoms with Crippen LogP contribution >= 0.6 is 0 Å². The lowest BCUT2D eigenvalue weighted by molar-refractivity contribution is -0.113. The van der Waals surface area contributed by atoms with Crippen LogP contribution in [0.5, 0.6) is 0 Å². The summed E-state index contributed by atoms with van der Waals surface area (Å²) in [6.07, 6.45) is 0. The zero-order valence-corrected chi connectivity index (χ0v) is 7.86. The highest BCUT2D eigenvalue weighted by Crippen LogP contribution is 2.25. The molecule has 0 saturated carbocycles. The van der Waals surface area contributed by atoms with Crippen molar-refractivity contribution in [1.82, 2.24) is 0 Å². The Morgan fingerprint density at radius 3 is 1.64 bits per heavy atom. The lowest BCUT2D eigenvalue weighted by atomic mass is 9.90. The number of Topliss-reactive ketones (excluding diaryl/α,β-unsaturated/α-hetero) is 1. The molecule has 0 unspecified atom stereocenters. The average molecular weight is 156 g/mol. The van der Waals surface area contributed by atoms with Gasteiger partial charge in [-0.1, -0.05) is 20.8 Å². The summed E-state index contributed by atoms with van der Waals surface area (Å²) in [7, 11) is 0. The predicted molar refractivity (Wildman–Crippen MR) is 45.5 cm³/mol. The number of rotatable bonds is 1. The number of carbonyl (C=O) groups is 1. The summed E-state index contributed by atoms with van der Waals surface area (Å²) in [4.78, 5) is 10.8. The van der Waals surface area contributed by atoms with Crippen molar-refractivity contribution in [2.75, 3.05) is 0 Å². The summed E-state index contributed by atoms with van der Waals surface area (Å²) in [5, 5.41) is 9.48. The molecule has 0 aliphatic rings. The van der Waals surface area contributed by atoms with Gasteiger partial charge in [-0.2, -0.15) is 0 Å². The highest BCUT2D eigenvalue weighted by Gasteiger charge is 2.19. The van der Waals surface area contributed by atoms with Gasteiger partial charge in [0.1, 0.15) is 5.76 Å². The molecule has 0 fully saturated rings. The lowest BCUT2D eigenvalue weighted by Gasteiger charge is -2.18. The lowest BCUT2D eigenvalue weighted by Crippen LogP contribution is -2.13. The Morgan fingerprint density at radius 1 is 1.18 bits per heavy atom. The molecule has 0 amide bonds. The van der Waals surface area contributed by atoms with Crippen molar-refractivity contribution in [1.29, 1.82) is 0 Å². The maximum atomic E-state index is 10.8. The van der Waals surface area contributed by atoms with Gasteiger partial charge in [-0.3, -0.25) is 4.79 Å².